The zero-order chi connectivity index (χ0) is 14.5. The van der Waals surface area contributed by atoms with Gasteiger partial charge >= 0.3 is 5.97 Å². The Morgan fingerprint density at radius 1 is 0.810 bits per heavy atom. The van der Waals surface area contributed by atoms with Crippen LogP contribution < -0.4 is 4.74 Å². The molecule has 0 bridgehead atoms. The molecule has 3 aromatic rings. The molecule has 0 heterocycles. The Kier molecular flexibility index (Phi) is 3.79. The zero-order valence-corrected chi connectivity index (χ0v) is 11.4. The molecule has 0 saturated carbocycles. The summed E-state index contributed by atoms with van der Waals surface area (Å²) in [6.45, 7) is 0. The minimum atomic E-state index is -0.379. The fraction of sp³-hybridized carbons (Fsp3) is 0. The molecule has 102 valence electrons. The van der Waals surface area contributed by atoms with Gasteiger partial charge in [-0.05, 0) is 23.1 Å². The Balaban J connectivity index is 1.79. The number of hydrogen-bond donors (Lipinski definition) is 0. The molecule has 0 saturated heterocycles. The number of carbonyl (C=O) groups is 1. The Hall–Kier alpha value is -2.87. The molecule has 0 N–H and O–H groups in total. The minimum absolute atomic E-state index is 0.379. The van der Waals surface area contributed by atoms with E-state index in [1.807, 2.05) is 66.7 Å². The summed E-state index contributed by atoms with van der Waals surface area (Å²) in [4.78, 5) is 11.9. The molecule has 0 aliphatic carbocycles. The van der Waals surface area contributed by atoms with E-state index in [0.29, 0.717) is 5.75 Å². The summed E-state index contributed by atoms with van der Waals surface area (Å²) < 4.78 is 5.42. The highest BCUT2D eigenvalue weighted by molar-refractivity contribution is 5.94. The van der Waals surface area contributed by atoms with E-state index in [1.54, 1.807) is 12.1 Å². The van der Waals surface area contributed by atoms with E-state index in [1.165, 1.54) is 6.08 Å². The molecule has 3 aromatic carbocycles. The predicted molar refractivity (Wildman–Crippen MR) is 85.1 cm³/mol. The van der Waals surface area contributed by atoms with Crippen molar-refractivity contribution in [1.29, 1.82) is 0 Å². The summed E-state index contributed by atoms with van der Waals surface area (Å²) in [5.41, 5.74) is 0.965. The molecule has 0 aliphatic heterocycles. The summed E-state index contributed by atoms with van der Waals surface area (Å²) >= 11 is 0. The van der Waals surface area contributed by atoms with Crippen molar-refractivity contribution in [2.45, 2.75) is 0 Å². The molecule has 0 fully saturated rings. The van der Waals surface area contributed by atoms with Crippen molar-refractivity contribution in [3.63, 3.8) is 0 Å². The van der Waals surface area contributed by atoms with Gasteiger partial charge in [0.2, 0.25) is 0 Å². The molecule has 21 heavy (non-hydrogen) atoms. The Morgan fingerprint density at radius 2 is 1.52 bits per heavy atom. The highest BCUT2D eigenvalue weighted by Gasteiger charge is 2.04. The fourth-order valence-corrected chi connectivity index (χ4v) is 2.16. The lowest BCUT2D eigenvalue weighted by molar-refractivity contribution is -0.128. The monoisotopic (exact) mass is 274 g/mol. The van der Waals surface area contributed by atoms with Crippen LogP contribution in [0.15, 0.2) is 78.9 Å². The molecule has 2 nitrogen and oxygen atoms in total. The molecule has 2 heteroatoms. The topological polar surface area (TPSA) is 26.3 Å². The van der Waals surface area contributed by atoms with Crippen molar-refractivity contribution in [3.05, 3.63) is 84.4 Å². The van der Waals surface area contributed by atoms with Crippen LogP contribution in [0.3, 0.4) is 0 Å². The molecule has 0 aliphatic rings. The predicted octanol–water partition coefficient (Wildman–Crippen LogP) is 4.46. The summed E-state index contributed by atoms with van der Waals surface area (Å²) in [5, 5.41) is 1.98. The van der Waals surface area contributed by atoms with Gasteiger partial charge in [0.05, 0.1) is 0 Å². The van der Waals surface area contributed by atoms with E-state index in [2.05, 4.69) is 0 Å². The molecular weight excluding hydrogens is 260 g/mol. The number of carbonyl (C=O) groups excluding carboxylic acids is 1. The normalized spacial score (nSPS) is 10.9. The van der Waals surface area contributed by atoms with E-state index in [4.69, 9.17) is 4.74 Å². The molecule has 0 radical (unpaired) electrons. The van der Waals surface area contributed by atoms with Gasteiger partial charge in [0.15, 0.2) is 0 Å². The van der Waals surface area contributed by atoms with Crippen LogP contribution in [0.25, 0.3) is 16.8 Å². The van der Waals surface area contributed by atoms with E-state index in [-0.39, 0.29) is 5.97 Å². The number of esters is 1. The molecule has 0 amide bonds. The standard InChI is InChI=1S/C19H14O2/c20-19(14-13-15-7-2-1-3-8-15)21-18-12-6-10-16-9-4-5-11-17(16)18/h1-14H/b14-13+. The van der Waals surface area contributed by atoms with Crippen molar-refractivity contribution < 1.29 is 9.53 Å². The second-order valence-corrected chi connectivity index (χ2v) is 4.64. The molecule has 3 rings (SSSR count). The third kappa shape index (κ3) is 3.18. The molecule has 0 aromatic heterocycles. The summed E-state index contributed by atoms with van der Waals surface area (Å²) in [6.07, 6.45) is 3.19. The van der Waals surface area contributed by atoms with Crippen LogP contribution in [-0.4, -0.2) is 5.97 Å². The minimum Gasteiger partial charge on any atom is -0.423 e. The van der Waals surface area contributed by atoms with Crippen LogP contribution in [-0.2, 0) is 4.79 Å². The summed E-state index contributed by atoms with van der Waals surface area (Å²) in [6, 6.07) is 23.2. The Labute approximate surface area is 123 Å². The second kappa shape index (κ2) is 6.06. The van der Waals surface area contributed by atoms with Gasteiger partial charge in [0, 0.05) is 11.5 Å². The average Bonchev–Trinajstić information content (AvgIpc) is 2.54. The zero-order valence-electron chi connectivity index (χ0n) is 11.4. The lowest BCUT2D eigenvalue weighted by Crippen LogP contribution is -2.03. The number of fused-ring (bicyclic) bond motifs is 1. The first-order chi connectivity index (χ1) is 10.3. The van der Waals surface area contributed by atoms with Gasteiger partial charge in [-0.25, -0.2) is 4.79 Å². The largest absolute Gasteiger partial charge is 0.423 e. The lowest BCUT2D eigenvalue weighted by atomic mass is 10.1. The van der Waals surface area contributed by atoms with Gasteiger partial charge in [-0.3, -0.25) is 0 Å². The van der Waals surface area contributed by atoms with Gasteiger partial charge in [0.1, 0.15) is 5.75 Å². The quantitative estimate of drug-likeness (QED) is 0.400. The van der Waals surface area contributed by atoms with Crippen LogP contribution in [0.4, 0.5) is 0 Å². The first-order valence-electron chi connectivity index (χ1n) is 6.76. The smallest absolute Gasteiger partial charge is 0.336 e. The van der Waals surface area contributed by atoms with Crippen molar-refractivity contribution in [2.75, 3.05) is 0 Å². The molecular formula is C19H14O2. The Bertz CT molecular complexity index is 784. The maximum absolute atomic E-state index is 11.9. The molecule has 0 atom stereocenters. The van der Waals surface area contributed by atoms with Gasteiger partial charge in [0.25, 0.3) is 0 Å². The highest BCUT2D eigenvalue weighted by atomic mass is 16.5. The van der Waals surface area contributed by atoms with E-state index in [0.717, 1.165) is 16.3 Å². The van der Waals surface area contributed by atoms with Crippen LogP contribution in [0, 0.1) is 0 Å². The van der Waals surface area contributed by atoms with Crippen molar-refractivity contribution >= 4 is 22.8 Å². The van der Waals surface area contributed by atoms with E-state index >= 15 is 0 Å². The molecule has 0 spiro atoms. The van der Waals surface area contributed by atoms with E-state index < -0.39 is 0 Å². The summed E-state index contributed by atoms with van der Waals surface area (Å²) in [7, 11) is 0. The average molecular weight is 274 g/mol. The first-order valence-corrected chi connectivity index (χ1v) is 6.76. The fourth-order valence-electron chi connectivity index (χ4n) is 2.16. The summed E-state index contributed by atoms with van der Waals surface area (Å²) in [5.74, 6) is 0.200. The van der Waals surface area contributed by atoms with Gasteiger partial charge < -0.3 is 4.74 Å². The number of ether oxygens (including phenoxy) is 1. The lowest BCUT2D eigenvalue weighted by Gasteiger charge is -2.05. The number of benzene rings is 3. The van der Waals surface area contributed by atoms with E-state index in [9.17, 15) is 4.79 Å². The van der Waals surface area contributed by atoms with Crippen molar-refractivity contribution in [2.24, 2.45) is 0 Å². The molecule has 0 unspecified atom stereocenters. The second-order valence-electron chi connectivity index (χ2n) is 4.64. The van der Waals surface area contributed by atoms with Crippen LogP contribution >= 0.6 is 0 Å². The van der Waals surface area contributed by atoms with Crippen LogP contribution in [0.1, 0.15) is 5.56 Å². The highest BCUT2D eigenvalue weighted by Crippen LogP contribution is 2.25. The number of hydrogen-bond acceptors (Lipinski definition) is 2. The third-order valence-corrected chi connectivity index (χ3v) is 3.17. The maximum Gasteiger partial charge on any atom is 0.336 e. The first kappa shape index (κ1) is 13.1. The SMILES string of the molecule is O=C(/C=C/c1ccccc1)Oc1cccc2ccccc12. The van der Waals surface area contributed by atoms with Gasteiger partial charge in [-0.15, -0.1) is 0 Å². The van der Waals surface area contributed by atoms with Crippen molar-refractivity contribution in [1.82, 2.24) is 0 Å². The van der Waals surface area contributed by atoms with Crippen molar-refractivity contribution in [3.8, 4) is 5.75 Å². The third-order valence-electron chi connectivity index (χ3n) is 3.17. The maximum atomic E-state index is 11.9. The number of rotatable bonds is 3. The Morgan fingerprint density at radius 3 is 2.38 bits per heavy atom. The van der Waals surface area contributed by atoms with Gasteiger partial charge in [-0.2, -0.15) is 0 Å². The van der Waals surface area contributed by atoms with Crippen LogP contribution in [0.5, 0.6) is 5.75 Å². The van der Waals surface area contributed by atoms with Gasteiger partial charge in [-0.1, -0.05) is 66.7 Å². The van der Waals surface area contributed by atoms with Crippen LogP contribution in [0.2, 0.25) is 0 Å².